The number of aromatic hydroxyl groups is 1. The van der Waals surface area contributed by atoms with Gasteiger partial charge in [-0.2, -0.15) is 0 Å². The zero-order valence-corrected chi connectivity index (χ0v) is 10.4. The van der Waals surface area contributed by atoms with Gasteiger partial charge in [-0.05, 0) is 31.4 Å². The molecule has 0 atom stereocenters. The number of carbonyl (C=O) groups is 1. The Morgan fingerprint density at radius 3 is 2.83 bits per heavy atom. The number of nitrogens with two attached hydrogens (primary N) is 1. The molecule has 1 aromatic rings. The third-order valence-corrected chi connectivity index (χ3v) is 3.58. The number of rotatable bonds is 4. The fourth-order valence-corrected chi connectivity index (χ4v) is 2.11. The lowest BCUT2D eigenvalue weighted by Crippen LogP contribution is -2.49. The van der Waals surface area contributed by atoms with Crippen molar-refractivity contribution in [2.24, 2.45) is 0 Å². The van der Waals surface area contributed by atoms with Gasteiger partial charge in [0, 0.05) is 13.7 Å². The van der Waals surface area contributed by atoms with Gasteiger partial charge in [0.1, 0.15) is 0 Å². The van der Waals surface area contributed by atoms with Crippen molar-refractivity contribution in [3.05, 3.63) is 23.8 Å². The number of amides is 1. The number of para-hydroxylation sites is 1. The molecule has 0 saturated heterocycles. The first kappa shape index (κ1) is 12.7. The van der Waals surface area contributed by atoms with Crippen molar-refractivity contribution >= 4 is 11.6 Å². The SMILES string of the molecule is COC1(CNC(=O)c2cccc(N)c2O)CCC1. The molecule has 0 aliphatic heterocycles. The van der Waals surface area contributed by atoms with E-state index in [9.17, 15) is 9.90 Å². The van der Waals surface area contributed by atoms with E-state index >= 15 is 0 Å². The number of phenolic OH excluding ortho intramolecular Hbond substituents is 1. The summed E-state index contributed by atoms with van der Waals surface area (Å²) in [5, 5.41) is 12.5. The number of carbonyl (C=O) groups excluding carboxylic acids is 1. The Kier molecular flexibility index (Phi) is 3.43. The summed E-state index contributed by atoms with van der Waals surface area (Å²) in [5.41, 5.74) is 5.72. The quantitative estimate of drug-likeness (QED) is 0.555. The van der Waals surface area contributed by atoms with Crippen LogP contribution in [-0.4, -0.2) is 30.3 Å². The second-order valence-electron chi connectivity index (χ2n) is 4.67. The van der Waals surface area contributed by atoms with E-state index in [4.69, 9.17) is 10.5 Å². The first-order valence-corrected chi connectivity index (χ1v) is 5.99. The Labute approximate surface area is 106 Å². The van der Waals surface area contributed by atoms with Crippen molar-refractivity contribution in [1.82, 2.24) is 5.32 Å². The van der Waals surface area contributed by atoms with Crippen LogP contribution >= 0.6 is 0 Å². The monoisotopic (exact) mass is 250 g/mol. The van der Waals surface area contributed by atoms with Crippen LogP contribution in [-0.2, 0) is 4.74 Å². The van der Waals surface area contributed by atoms with Gasteiger partial charge in [0.2, 0.25) is 0 Å². The molecule has 1 aliphatic rings. The van der Waals surface area contributed by atoms with E-state index in [2.05, 4.69) is 5.32 Å². The predicted octanol–water partition coefficient (Wildman–Crippen LogP) is 1.27. The summed E-state index contributed by atoms with van der Waals surface area (Å²) >= 11 is 0. The summed E-state index contributed by atoms with van der Waals surface area (Å²) in [5.74, 6) is -0.502. The van der Waals surface area contributed by atoms with Crippen LogP contribution in [0.25, 0.3) is 0 Å². The maximum atomic E-state index is 11.9. The Hall–Kier alpha value is -1.75. The van der Waals surface area contributed by atoms with Gasteiger partial charge >= 0.3 is 0 Å². The highest BCUT2D eigenvalue weighted by Gasteiger charge is 2.37. The molecule has 4 N–H and O–H groups in total. The van der Waals surface area contributed by atoms with E-state index in [1.165, 1.54) is 0 Å². The van der Waals surface area contributed by atoms with Gasteiger partial charge < -0.3 is 20.9 Å². The lowest BCUT2D eigenvalue weighted by Gasteiger charge is -2.40. The molecule has 5 nitrogen and oxygen atoms in total. The van der Waals surface area contributed by atoms with Crippen LogP contribution in [0.2, 0.25) is 0 Å². The highest BCUT2D eigenvalue weighted by Crippen LogP contribution is 2.34. The van der Waals surface area contributed by atoms with E-state index in [1.807, 2.05) is 0 Å². The molecule has 1 amide bonds. The minimum Gasteiger partial charge on any atom is -0.505 e. The number of hydrogen-bond donors (Lipinski definition) is 3. The number of methoxy groups -OCH3 is 1. The first-order valence-electron chi connectivity index (χ1n) is 5.99. The first-order chi connectivity index (χ1) is 8.58. The molecule has 0 radical (unpaired) electrons. The van der Waals surface area contributed by atoms with E-state index in [0.717, 1.165) is 19.3 Å². The van der Waals surface area contributed by atoms with Gasteiger partial charge in [-0.3, -0.25) is 4.79 Å². The maximum absolute atomic E-state index is 11.9. The summed E-state index contributed by atoms with van der Waals surface area (Å²) in [6, 6.07) is 4.73. The Morgan fingerprint density at radius 2 is 2.28 bits per heavy atom. The average Bonchev–Trinajstić information content (AvgIpc) is 2.31. The summed E-state index contributed by atoms with van der Waals surface area (Å²) in [6.07, 6.45) is 3.02. The second kappa shape index (κ2) is 4.86. The minimum atomic E-state index is -0.330. The second-order valence-corrected chi connectivity index (χ2v) is 4.67. The number of nitrogens with one attached hydrogen (secondary N) is 1. The molecule has 1 saturated carbocycles. The molecule has 98 valence electrons. The molecule has 0 aromatic heterocycles. The smallest absolute Gasteiger partial charge is 0.255 e. The van der Waals surface area contributed by atoms with Crippen LogP contribution in [0.4, 0.5) is 5.69 Å². The summed E-state index contributed by atoms with van der Waals surface area (Å²) in [7, 11) is 1.66. The molecule has 18 heavy (non-hydrogen) atoms. The topological polar surface area (TPSA) is 84.6 Å². The highest BCUT2D eigenvalue weighted by atomic mass is 16.5. The van der Waals surface area contributed by atoms with Crippen LogP contribution in [0.3, 0.4) is 0 Å². The third-order valence-electron chi connectivity index (χ3n) is 3.58. The predicted molar refractivity (Wildman–Crippen MR) is 68.4 cm³/mol. The lowest BCUT2D eigenvalue weighted by molar-refractivity contribution is -0.0679. The van der Waals surface area contributed by atoms with Gasteiger partial charge in [0.05, 0.1) is 16.9 Å². The number of ether oxygens (including phenoxy) is 1. The molecule has 1 aromatic carbocycles. The van der Waals surface area contributed by atoms with Gasteiger partial charge in [-0.15, -0.1) is 0 Å². The summed E-state index contributed by atoms with van der Waals surface area (Å²) in [6.45, 7) is 0.455. The van der Waals surface area contributed by atoms with Crippen LogP contribution in [0, 0.1) is 0 Å². The van der Waals surface area contributed by atoms with E-state index in [1.54, 1.807) is 25.3 Å². The van der Waals surface area contributed by atoms with Crippen LogP contribution in [0.15, 0.2) is 18.2 Å². The molecule has 5 heteroatoms. The van der Waals surface area contributed by atoms with Gasteiger partial charge in [-0.25, -0.2) is 0 Å². The molecule has 1 aliphatic carbocycles. The van der Waals surface area contributed by atoms with Crippen molar-refractivity contribution in [2.75, 3.05) is 19.4 Å². The minimum absolute atomic E-state index is 0.171. The number of phenols is 1. The van der Waals surface area contributed by atoms with Gasteiger partial charge in [-0.1, -0.05) is 6.07 Å². The molecule has 2 rings (SSSR count). The van der Waals surface area contributed by atoms with Crippen molar-refractivity contribution < 1.29 is 14.6 Å². The maximum Gasteiger partial charge on any atom is 0.255 e. The number of benzene rings is 1. The number of hydrogen-bond acceptors (Lipinski definition) is 4. The summed E-state index contributed by atoms with van der Waals surface area (Å²) < 4.78 is 5.41. The number of anilines is 1. The van der Waals surface area contributed by atoms with Gasteiger partial charge in [0.15, 0.2) is 5.75 Å². The van der Waals surface area contributed by atoms with Crippen molar-refractivity contribution in [1.29, 1.82) is 0 Å². The molecular weight excluding hydrogens is 232 g/mol. The zero-order valence-electron chi connectivity index (χ0n) is 10.4. The van der Waals surface area contributed by atoms with Gasteiger partial charge in [0.25, 0.3) is 5.91 Å². The molecule has 0 unspecified atom stereocenters. The largest absolute Gasteiger partial charge is 0.505 e. The molecular formula is C13H18N2O3. The fraction of sp³-hybridized carbons (Fsp3) is 0.462. The molecule has 1 fully saturated rings. The summed E-state index contributed by atoms with van der Waals surface area (Å²) in [4.78, 5) is 11.9. The molecule has 0 bridgehead atoms. The Balaban J connectivity index is 2.02. The highest BCUT2D eigenvalue weighted by molar-refractivity contribution is 5.98. The normalized spacial score (nSPS) is 16.9. The molecule has 0 spiro atoms. The zero-order chi connectivity index (χ0) is 13.2. The van der Waals surface area contributed by atoms with Crippen LogP contribution in [0.5, 0.6) is 5.75 Å². The Bertz CT molecular complexity index is 450. The van der Waals surface area contributed by atoms with Crippen LogP contribution in [0.1, 0.15) is 29.6 Å². The van der Waals surface area contributed by atoms with Crippen molar-refractivity contribution in [2.45, 2.75) is 24.9 Å². The average molecular weight is 250 g/mol. The van der Waals surface area contributed by atoms with Crippen LogP contribution < -0.4 is 11.1 Å². The van der Waals surface area contributed by atoms with E-state index < -0.39 is 0 Å². The standard InChI is InChI=1S/C13H18N2O3/c1-18-13(6-3-7-13)8-15-12(17)9-4-2-5-10(14)11(9)16/h2,4-5,16H,3,6-8,14H2,1H3,(H,15,17). The molecule has 0 heterocycles. The third kappa shape index (κ3) is 2.26. The Morgan fingerprint density at radius 1 is 1.56 bits per heavy atom. The van der Waals surface area contributed by atoms with E-state index in [0.29, 0.717) is 6.54 Å². The fourth-order valence-electron chi connectivity index (χ4n) is 2.11. The van der Waals surface area contributed by atoms with E-state index in [-0.39, 0.29) is 28.5 Å². The number of nitrogen functional groups attached to an aromatic ring is 1. The lowest BCUT2D eigenvalue weighted by atomic mass is 9.80. The van der Waals surface area contributed by atoms with Crippen molar-refractivity contribution in [3.8, 4) is 5.75 Å². The van der Waals surface area contributed by atoms with Crippen molar-refractivity contribution in [3.63, 3.8) is 0 Å².